The number of nitrogens with zero attached hydrogens (tertiary/aromatic N) is 2. The van der Waals surface area contributed by atoms with Crippen molar-refractivity contribution >= 4 is 22.7 Å². The first kappa shape index (κ1) is 24.7. The number of fused-ring (bicyclic) bond motifs is 1. The van der Waals surface area contributed by atoms with Crippen LogP contribution < -0.4 is 20.1 Å². The molecule has 39 heavy (non-hydrogen) atoms. The lowest BCUT2D eigenvalue weighted by Gasteiger charge is -2.17. The number of carbonyl (C=O) groups excluding carboxylic acids is 2. The molecule has 5 rings (SSSR count). The average Bonchev–Trinajstić information content (AvgIpc) is 3.62. The Hall–Kier alpha value is -4.61. The molecule has 3 N–H and O–H groups in total. The highest BCUT2D eigenvalue weighted by molar-refractivity contribution is 6.05. The fourth-order valence-corrected chi connectivity index (χ4v) is 4.08. The summed E-state index contributed by atoms with van der Waals surface area (Å²) in [7, 11) is -0.481. The maximum absolute atomic E-state index is 13.2. The molecule has 1 unspecified atom stereocenters. The highest BCUT2D eigenvalue weighted by atomic mass is 19.4. The smallest absolute Gasteiger partial charge is 0.480 e. The minimum absolute atomic E-state index is 0.0357. The van der Waals surface area contributed by atoms with Crippen LogP contribution in [0.15, 0.2) is 54.7 Å². The third-order valence-corrected chi connectivity index (χ3v) is 6.20. The van der Waals surface area contributed by atoms with Gasteiger partial charge in [-0.3, -0.25) is 14.7 Å². The van der Waals surface area contributed by atoms with Crippen LogP contribution in [0.25, 0.3) is 22.0 Å². The summed E-state index contributed by atoms with van der Waals surface area (Å²) in [6.45, 7) is 1.61. The Bertz CT molecular complexity index is 1570. The van der Waals surface area contributed by atoms with Crippen LogP contribution in [0.4, 0.5) is 13.2 Å². The molecule has 12 heteroatoms. The molecular formula is C27H24F3N5O4. The molecule has 2 aromatic carbocycles. The molecule has 1 aliphatic carbocycles. The summed E-state index contributed by atoms with van der Waals surface area (Å²) in [4.78, 5) is 29.9. The number of ether oxygens (including phenoxy) is 2. The maximum Gasteiger partial charge on any atom is 0.573 e. The van der Waals surface area contributed by atoms with Crippen LogP contribution in [0.1, 0.15) is 53.6 Å². The number of hydrogen-bond donors (Lipinski definition) is 3. The molecule has 1 aliphatic rings. The highest BCUT2D eigenvalue weighted by Crippen LogP contribution is 2.30. The number of halogens is 3. The Labute approximate surface area is 222 Å². The maximum atomic E-state index is 13.2. The number of methoxy groups -OCH3 is 1. The zero-order valence-electron chi connectivity index (χ0n) is 21.6. The number of H-pyrrole nitrogens is 1. The van der Waals surface area contributed by atoms with E-state index in [1.165, 1.54) is 18.3 Å². The van der Waals surface area contributed by atoms with Gasteiger partial charge in [-0.1, -0.05) is 18.2 Å². The summed E-state index contributed by atoms with van der Waals surface area (Å²) in [5.41, 5.74) is 2.56. The first-order chi connectivity index (χ1) is 19.1. The van der Waals surface area contributed by atoms with E-state index in [1.54, 1.807) is 37.3 Å². The largest absolute Gasteiger partial charge is 0.573 e. The Balaban J connectivity index is 1.39. The van der Waals surface area contributed by atoms with Crippen LogP contribution in [0.3, 0.4) is 0 Å². The fraction of sp³-hybridized carbons (Fsp3) is 0.259. The second-order valence-electron chi connectivity index (χ2n) is 9.12. The highest BCUT2D eigenvalue weighted by Gasteiger charge is 2.31. The van der Waals surface area contributed by atoms with Crippen molar-refractivity contribution in [1.82, 2.24) is 25.8 Å². The summed E-state index contributed by atoms with van der Waals surface area (Å²) in [5, 5.41) is 13.3. The first-order valence-electron chi connectivity index (χ1n) is 12.7. The van der Waals surface area contributed by atoms with Gasteiger partial charge in [0.1, 0.15) is 11.3 Å². The van der Waals surface area contributed by atoms with Gasteiger partial charge in [-0.2, -0.15) is 5.10 Å². The van der Waals surface area contributed by atoms with Crippen molar-refractivity contribution < 1.29 is 33.6 Å². The van der Waals surface area contributed by atoms with E-state index < -0.39 is 31.1 Å². The van der Waals surface area contributed by atoms with Crippen molar-refractivity contribution in [3.05, 3.63) is 71.5 Å². The zero-order chi connectivity index (χ0) is 28.4. The molecule has 2 amide bonds. The van der Waals surface area contributed by atoms with Gasteiger partial charge >= 0.3 is 6.36 Å². The van der Waals surface area contributed by atoms with E-state index in [2.05, 4.69) is 30.6 Å². The van der Waals surface area contributed by atoms with Crippen molar-refractivity contribution in [2.75, 3.05) is 7.09 Å². The van der Waals surface area contributed by atoms with Gasteiger partial charge in [-0.25, -0.2) is 4.98 Å². The van der Waals surface area contributed by atoms with Gasteiger partial charge in [0.2, 0.25) is 5.88 Å². The predicted molar refractivity (Wildman–Crippen MR) is 135 cm³/mol. The molecule has 1 fully saturated rings. The first-order valence-corrected chi connectivity index (χ1v) is 12.0. The number of pyridine rings is 1. The number of nitrogens with one attached hydrogen (secondary N) is 3. The molecule has 2 heterocycles. The lowest BCUT2D eigenvalue weighted by Crippen LogP contribution is -2.27. The van der Waals surface area contributed by atoms with Crippen LogP contribution >= 0.6 is 0 Å². The standard InChI is InChI=1S/C27H24F3N5O4/c1-14(15-4-3-5-19(10-15)39-27(28,29)30)32-24(36)21-11-17(13-31-26(21)38-2)16-6-9-20-22(12-16)34-35-23(20)25(37)33-18-7-8-18/h3-6,9-14,18H,7-8H2,1-2H3,(H,32,36)(H,33,37)(H,34,35)/i2D. The second-order valence-corrected chi connectivity index (χ2v) is 9.12. The van der Waals surface area contributed by atoms with Crippen LogP contribution in [0.5, 0.6) is 11.6 Å². The van der Waals surface area contributed by atoms with Gasteiger partial charge in [-0.05, 0) is 61.2 Å². The molecule has 0 aliphatic heterocycles. The van der Waals surface area contributed by atoms with E-state index in [0.717, 1.165) is 18.9 Å². The van der Waals surface area contributed by atoms with E-state index in [4.69, 9.17) is 6.11 Å². The van der Waals surface area contributed by atoms with Crippen molar-refractivity contribution in [3.8, 4) is 22.8 Å². The number of alkyl halides is 3. The summed E-state index contributed by atoms with van der Waals surface area (Å²) in [6, 6.07) is 11.6. The quantitative estimate of drug-likeness (QED) is 0.292. The Kier molecular flexibility index (Phi) is 6.51. The number of aromatic nitrogens is 3. The average molecular weight is 541 g/mol. The van der Waals surface area contributed by atoms with E-state index in [-0.39, 0.29) is 23.4 Å². The van der Waals surface area contributed by atoms with Crippen LogP contribution in [-0.2, 0) is 0 Å². The molecular weight excluding hydrogens is 515 g/mol. The summed E-state index contributed by atoms with van der Waals surface area (Å²) in [6.07, 6.45) is -1.44. The van der Waals surface area contributed by atoms with Crippen LogP contribution in [-0.4, -0.2) is 46.5 Å². The molecule has 2 aromatic heterocycles. The zero-order valence-corrected chi connectivity index (χ0v) is 20.6. The second kappa shape index (κ2) is 10.3. The molecule has 4 aromatic rings. The van der Waals surface area contributed by atoms with Gasteiger partial charge in [0.25, 0.3) is 11.8 Å². The number of aromatic amines is 1. The monoisotopic (exact) mass is 540 g/mol. The number of amides is 2. The summed E-state index contributed by atoms with van der Waals surface area (Å²) in [5.74, 6) is -1.33. The number of benzene rings is 2. The predicted octanol–water partition coefficient (Wildman–Crippen LogP) is 4.92. The van der Waals surface area contributed by atoms with Gasteiger partial charge in [0.05, 0.1) is 20.0 Å². The minimum atomic E-state index is -4.84. The van der Waals surface area contributed by atoms with Crippen molar-refractivity contribution in [1.29, 1.82) is 0 Å². The van der Waals surface area contributed by atoms with Crippen LogP contribution in [0.2, 0.25) is 0 Å². The van der Waals surface area contributed by atoms with Crippen LogP contribution in [0, 0.1) is 0 Å². The number of hydrogen-bond acceptors (Lipinski definition) is 6. The molecule has 0 spiro atoms. The third kappa shape index (κ3) is 5.95. The molecule has 202 valence electrons. The number of rotatable bonds is 8. The Morgan fingerprint density at radius 1 is 1.13 bits per heavy atom. The van der Waals surface area contributed by atoms with Crippen molar-refractivity contribution in [2.45, 2.75) is 38.2 Å². The molecule has 0 radical (unpaired) electrons. The Morgan fingerprint density at radius 2 is 1.95 bits per heavy atom. The lowest BCUT2D eigenvalue weighted by molar-refractivity contribution is -0.274. The third-order valence-electron chi connectivity index (χ3n) is 6.20. The minimum Gasteiger partial charge on any atom is -0.480 e. The van der Waals surface area contributed by atoms with E-state index in [0.29, 0.717) is 33.3 Å². The molecule has 1 saturated carbocycles. The summed E-state index contributed by atoms with van der Waals surface area (Å²) >= 11 is 0. The summed E-state index contributed by atoms with van der Waals surface area (Å²) < 4.78 is 54.5. The molecule has 9 nitrogen and oxygen atoms in total. The fourth-order valence-electron chi connectivity index (χ4n) is 4.08. The van der Waals surface area contributed by atoms with E-state index >= 15 is 0 Å². The number of carbonyl (C=O) groups is 2. The Morgan fingerprint density at radius 3 is 2.69 bits per heavy atom. The van der Waals surface area contributed by atoms with Crippen molar-refractivity contribution in [2.24, 2.45) is 0 Å². The normalized spacial score (nSPS) is 14.4. The SMILES string of the molecule is [2H]COc1ncc(-c2ccc3c(C(=O)NC4CC4)n[nH]c3c2)cc1C(=O)NC(C)c1cccc(OC(F)(F)F)c1. The van der Waals surface area contributed by atoms with Gasteiger partial charge in [0.15, 0.2) is 5.69 Å². The van der Waals surface area contributed by atoms with E-state index in [9.17, 15) is 22.8 Å². The lowest BCUT2D eigenvalue weighted by atomic mass is 10.0. The van der Waals surface area contributed by atoms with Gasteiger partial charge in [-0.15, -0.1) is 13.2 Å². The topological polar surface area (TPSA) is 118 Å². The molecule has 0 saturated heterocycles. The van der Waals surface area contributed by atoms with Crippen molar-refractivity contribution in [3.63, 3.8) is 0 Å². The molecule has 1 atom stereocenters. The molecule has 0 bridgehead atoms. The van der Waals surface area contributed by atoms with Gasteiger partial charge in [0, 0.05) is 23.2 Å². The van der Waals surface area contributed by atoms with Gasteiger partial charge < -0.3 is 20.1 Å². The van der Waals surface area contributed by atoms with E-state index in [1.807, 2.05) is 0 Å².